The van der Waals surface area contributed by atoms with E-state index in [9.17, 15) is 13.6 Å². The minimum absolute atomic E-state index is 0.158. The third-order valence-electron chi connectivity index (χ3n) is 2.29. The van der Waals surface area contributed by atoms with E-state index in [0.29, 0.717) is 0 Å². The van der Waals surface area contributed by atoms with Crippen LogP contribution in [0.5, 0.6) is 0 Å². The molecular formula is C12H8ClF2N3O. The molecule has 0 radical (unpaired) electrons. The molecule has 1 amide bonds. The summed E-state index contributed by atoms with van der Waals surface area (Å²) in [5, 5.41) is 2.55. The Kier molecular flexibility index (Phi) is 4.01. The summed E-state index contributed by atoms with van der Waals surface area (Å²) in [6, 6.07) is 3.42. The van der Waals surface area contributed by atoms with Crippen molar-refractivity contribution in [2.75, 3.05) is 5.32 Å². The van der Waals surface area contributed by atoms with E-state index in [1.807, 2.05) is 0 Å². The maximum atomic E-state index is 13.3. The molecule has 0 bridgehead atoms. The van der Waals surface area contributed by atoms with Gasteiger partial charge in [-0.3, -0.25) is 4.79 Å². The third kappa shape index (κ3) is 3.45. The highest BCUT2D eigenvalue weighted by molar-refractivity contribution is 6.29. The van der Waals surface area contributed by atoms with Crippen LogP contribution in [0.25, 0.3) is 0 Å². The second-order valence-electron chi connectivity index (χ2n) is 3.65. The molecule has 0 atom stereocenters. The Balaban J connectivity index is 2.07. The van der Waals surface area contributed by atoms with Gasteiger partial charge < -0.3 is 5.32 Å². The number of rotatable bonds is 3. The summed E-state index contributed by atoms with van der Waals surface area (Å²) in [6.07, 6.45) is 2.07. The van der Waals surface area contributed by atoms with Crippen LogP contribution >= 0.6 is 11.6 Å². The maximum Gasteiger partial charge on any atom is 0.230 e. The first-order valence-corrected chi connectivity index (χ1v) is 5.64. The first-order valence-electron chi connectivity index (χ1n) is 5.26. The average Bonchev–Trinajstić information content (AvgIpc) is 2.37. The highest BCUT2D eigenvalue weighted by Crippen LogP contribution is 2.13. The number of carbonyl (C=O) groups excluding carboxylic acids is 1. The number of hydrogen-bond acceptors (Lipinski definition) is 3. The lowest BCUT2D eigenvalue weighted by molar-refractivity contribution is -0.115. The molecule has 1 N–H and O–H groups in total. The number of aromatic nitrogens is 2. The summed E-state index contributed by atoms with van der Waals surface area (Å²) < 4.78 is 26.7. The second kappa shape index (κ2) is 5.71. The van der Waals surface area contributed by atoms with Crippen LogP contribution in [0.4, 0.5) is 14.6 Å². The molecule has 0 unspecified atom stereocenters. The first-order chi connectivity index (χ1) is 9.06. The van der Waals surface area contributed by atoms with Gasteiger partial charge in [-0.05, 0) is 12.1 Å². The molecule has 0 aliphatic rings. The third-order valence-corrected chi connectivity index (χ3v) is 2.48. The van der Waals surface area contributed by atoms with E-state index in [1.54, 1.807) is 0 Å². The first kappa shape index (κ1) is 13.4. The molecule has 1 aromatic carbocycles. The molecule has 0 saturated carbocycles. The molecule has 1 heterocycles. The predicted molar refractivity (Wildman–Crippen MR) is 65.7 cm³/mol. The van der Waals surface area contributed by atoms with Gasteiger partial charge in [0.15, 0.2) is 5.82 Å². The van der Waals surface area contributed by atoms with Gasteiger partial charge in [0.1, 0.15) is 16.8 Å². The fourth-order valence-electron chi connectivity index (χ4n) is 1.43. The van der Waals surface area contributed by atoms with E-state index < -0.39 is 24.0 Å². The van der Waals surface area contributed by atoms with Crippen molar-refractivity contribution in [3.05, 3.63) is 52.9 Å². The van der Waals surface area contributed by atoms with Crippen molar-refractivity contribution in [3.8, 4) is 0 Å². The highest BCUT2D eigenvalue weighted by atomic mass is 35.5. The van der Waals surface area contributed by atoms with Crippen LogP contribution in [0.1, 0.15) is 5.56 Å². The normalized spacial score (nSPS) is 10.3. The molecule has 0 aliphatic heterocycles. The van der Waals surface area contributed by atoms with Crippen molar-refractivity contribution in [3.63, 3.8) is 0 Å². The molecule has 2 rings (SSSR count). The van der Waals surface area contributed by atoms with Crippen molar-refractivity contribution < 1.29 is 13.6 Å². The van der Waals surface area contributed by atoms with E-state index >= 15 is 0 Å². The van der Waals surface area contributed by atoms with Gasteiger partial charge in [0.25, 0.3) is 0 Å². The van der Waals surface area contributed by atoms with Gasteiger partial charge in [0, 0.05) is 5.56 Å². The summed E-state index contributed by atoms with van der Waals surface area (Å²) in [7, 11) is 0. The maximum absolute atomic E-state index is 13.3. The zero-order valence-electron chi connectivity index (χ0n) is 9.53. The number of nitrogens with one attached hydrogen (secondary N) is 1. The summed E-state index contributed by atoms with van der Waals surface area (Å²) in [5.74, 6) is -1.97. The number of hydrogen-bond donors (Lipinski definition) is 1. The topological polar surface area (TPSA) is 54.9 Å². The summed E-state index contributed by atoms with van der Waals surface area (Å²) >= 11 is 5.53. The molecule has 19 heavy (non-hydrogen) atoms. The number of halogens is 3. The number of carbonyl (C=O) groups is 1. The number of benzene rings is 1. The Morgan fingerprint density at radius 3 is 2.47 bits per heavy atom. The van der Waals surface area contributed by atoms with Crippen LogP contribution < -0.4 is 5.32 Å². The van der Waals surface area contributed by atoms with Crippen molar-refractivity contribution in [1.29, 1.82) is 0 Å². The van der Waals surface area contributed by atoms with Gasteiger partial charge >= 0.3 is 0 Å². The molecular weight excluding hydrogens is 276 g/mol. The number of amides is 1. The molecule has 0 aliphatic carbocycles. The van der Waals surface area contributed by atoms with Crippen LogP contribution in [0, 0.1) is 11.6 Å². The van der Waals surface area contributed by atoms with Crippen molar-refractivity contribution >= 4 is 23.3 Å². The summed E-state index contributed by atoms with van der Waals surface area (Å²) in [5.41, 5.74) is -0.290. The zero-order valence-corrected chi connectivity index (χ0v) is 10.3. The van der Waals surface area contributed by atoms with Crippen molar-refractivity contribution in [2.24, 2.45) is 0 Å². The van der Waals surface area contributed by atoms with Crippen molar-refractivity contribution in [1.82, 2.24) is 9.97 Å². The highest BCUT2D eigenvalue weighted by Gasteiger charge is 2.13. The minimum Gasteiger partial charge on any atom is -0.309 e. The van der Waals surface area contributed by atoms with Gasteiger partial charge in [0.2, 0.25) is 5.91 Å². The Bertz CT molecular complexity index is 584. The second-order valence-corrected chi connectivity index (χ2v) is 4.04. The SMILES string of the molecule is O=C(Cc1c(F)cccc1F)Nc1cnc(Cl)cn1. The lowest BCUT2D eigenvalue weighted by Gasteiger charge is -2.06. The number of nitrogens with zero attached hydrogens (tertiary/aromatic N) is 2. The molecule has 98 valence electrons. The zero-order chi connectivity index (χ0) is 13.8. The monoisotopic (exact) mass is 283 g/mol. The standard InChI is InChI=1S/C12H8ClF2N3O/c13-10-5-17-11(6-16-10)18-12(19)4-7-8(14)2-1-3-9(7)15/h1-3,5-6H,4H2,(H,17,18,19). The van der Waals surface area contributed by atoms with E-state index in [-0.39, 0.29) is 16.5 Å². The summed E-state index contributed by atoms with van der Waals surface area (Å²) in [6.45, 7) is 0. The Morgan fingerprint density at radius 1 is 1.21 bits per heavy atom. The largest absolute Gasteiger partial charge is 0.309 e. The van der Waals surface area contributed by atoms with Crippen LogP contribution in [-0.2, 0) is 11.2 Å². The van der Waals surface area contributed by atoms with Gasteiger partial charge in [0.05, 0.1) is 18.8 Å². The van der Waals surface area contributed by atoms with Crippen LogP contribution in [-0.4, -0.2) is 15.9 Å². The average molecular weight is 284 g/mol. The van der Waals surface area contributed by atoms with Gasteiger partial charge in [-0.1, -0.05) is 17.7 Å². The van der Waals surface area contributed by atoms with Crippen LogP contribution in [0.2, 0.25) is 5.15 Å². The van der Waals surface area contributed by atoms with E-state index in [1.165, 1.54) is 18.5 Å². The molecule has 7 heteroatoms. The van der Waals surface area contributed by atoms with Gasteiger partial charge in [-0.2, -0.15) is 0 Å². The van der Waals surface area contributed by atoms with Gasteiger partial charge in [-0.15, -0.1) is 0 Å². The lowest BCUT2D eigenvalue weighted by atomic mass is 10.1. The van der Waals surface area contributed by atoms with E-state index in [0.717, 1.165) is 12.1 Å². The Labute approximate surface area is 112 Å². The lowest BCUT2D eigenvalue weighted by Crippen LogP contribution is -2.17. The Hall–Kier alpha value is -2.08. The predicted octanol–water partition coefficient (Wildman–Crippen LogP) is 2.59. The fourth-order valence-corrected chi connectivity index (χ4v) is 1.52. The number of anilines is 1. The molecule has 1 aromatic heterocycles. The quantitative estimate of drug-likeness (QED) is 0.942. The minimum atomic E-state index is -0.766. The molecule has 0 fully saturated rings. The molecule has 4 nitrogen and oxygen atoms in total. The molecule has 0 saturated heterocycles. The van der Waals surface area contributed by atoms with Crippen molar-refractivity contribution in [2.45, 2.75) is 6.42 Å². The van der Waals surface area contributed by atoms with Gasteiger partial charge in [-0.25, -0.2) is 18.7 Å². The van der Waals surface area contributed by atoms with Crippen LogP contribution in [0.3, 0.4) is 0 Å². The molecule has 0 spiro atoms. The van der Waals surface area contributed by atoms with E-state index in [2.05, 4.69) is 15.3 Å². The molecule has 2 aromatic rings. The smallest absolute Gasteiger partial charge is 0.230 e. The summed E-state index contributed by atoms with van der Waals surface area (Å²) in [4.78, 5) is 19.1. The fraction of sp³-hybridized carbons (Fsp3) is 0.0833. The van der Waals surface area contributed by atoms with Crippen LogP contribution in [0.15, 0.2) is 30.6 Å². The Morgan fingerprint density at radius 2 is 1.89 bits per heavy atom. The van der Waals surface area contributed by atoms with E-state index in [4.69, 9.17) is 11.6 Å².